The van der Waals surface area contributed by atoms with Crippen molar-refractivity contribution in [1.29, 1.82) is 0 Å². The van der Waals surface area contributed by atoms with Crippen molar-refractivity contribution in [2.24, 2.45) is 0 Å². The van der Waals surface area contributed by atoms with Crippen molar-refractivity contribution in [3.05, 3.63) is 72.6 Å². The van der Waals surface area contributed by atoms with Crippen LogP contribution in [0.2, 0.25) is 0 Å². The highest BCUT2D eigenvalue weighted by atomic mass is 19.1. The van der Waals surface area contributed by atoms with E-state index in [0.717, 1.165) is 11.6 Å². The smallest absolute Gasteiger partial charge is 0.335 e. The van der Waals surface area contributed by atoms with Crippen molar-refractivity contribution in [1.82, 2.24) is 0 Å². The molecule has 0 aromatic heterocycles. The highest BCUT2D eigenvalue weighted by Gasteiger charge is 2.07. The lowest BCUT2D eigenvalue weighted by Crippen LogP contribution is -2.05. The Morgan fingerprint density at radius 3 is 2.40 bits per heavy atom. The number of rotatable bonds is 5. The highest BCUT2D eigenvalue weighted by Crippen LogP contribution is 2.27. The van der Waals surface area contributed by atoms with Crippen LogP contribution in [0.3, 0.4) is 0 Å². The van der Waals surface area contributed by atoms with Crippen LogP contribution < -0.4 is 9.47 Å². The zero-order valence-electron chi connectivity index (χ0n) is 10.7. The number of para-hydroxylation sites is 2. The second-order valence-corrected chi connectivity index (χ2v) is 3.99. The summed E-state index contributed by atoms with van der Waals surface area (Å²) < 4.78 is 23.4. The van der Waals surface area contributed by atoms with Crippen LogP contribution in [0.15, 0.2) is 61.2 Å². The molecule has 0 aliphatic carbocycles. The van der Waals surface area contributed by atoms with Crippen molar-refractivity contribution in [2.45, 2.75) is 6.61 Å². The van der Waals surface area contributed by atoms with Crippen molar-refractivity contribution in [2.75, 3.05) is 0 Å². The van der Waals surface area contributed by atoms with Crippen LogP contribution >= 0.6 is 0 Å². The quantitative estimate of drug-likeness (QED) is 0.475. The molecule has 0 radical (unpaired) electrons. The molecule has 0 heterocycles. The van der Waals surface area contributed by atoms with Gasteiger partial charge in [0.2, 0.25) is 0 Å². The van der Waals surface area contributed by atoms with E-state index in [4.69, 9.17) is 9.47 Å². The minimum Gasteiger partial charge on any atom is -0.485 e. The van der Waals surface area contributed by atoms with Crippen LogP contribution in [0.4, 0.5) is 4.39 Å². The molecule has 0 aliphatic heterocycles. The molecule has 4 heteroatoms. The van der Waals surface area contributed by atoms with Crippen LogP contribution in [-0.2, 0) is 11.4 Å². The fourth-order valence-corrected chi connectivity index (χ4v) is 1.55. The van der Waals surface area contributed by atoms with Crippen molar-refractivity contribution < 1.29 is 18.7 Å². The maximum Gasteiger partial charge on any atom is 0.335 e. The molecule has 0 unspecified atom stereocenters. The molecule has 2 aromatic carbocycles. The van der Waals surface area contributed by atoms with E-state index in [-0.39, 0.29) is 12.4 Å². The highest BCUT2D eigenvalue weighted by molar-refractivity contribution is 5.83. The first kappa shape index (κ1) is 13.8. The van der Waals surface area contributed by atoms with Gasteiger partial charge in [-0.1, -0.05) is 30.8 Å². The molecule has 0 bridgehead atoms. The summed E-state index contributed by atoms with van der Waals surface area (Å²) in [5, 5.41) is 0. The van der Waals surface area contributed by atoms with Gasteiger partial charge in [0.1, 0.15) is 12.4 Å². The average Bonchev–Trinajstić information content (AvgIpc) is 2.48. The summed E-state index contributed by atoms with van der Waals surface area (Å²) in [6, 6.07) is 12.8. The van der Waals surface area contributed by atoms with E-state index < -0.39 is 5.97 Å². The lowest BCUT2D eigenvalue weighted by Gasteiger charge is -2.10. The van der Waals surface area contributed by atoms with Gasteiger partial charge in [-0.2, -0.15) is 0 Å². The first-order valence-corrected chi connectivity index (χ1v) is 5.99. The summed E-state index contributed by atoms with van der Waals surface area (Å²) in [5.74, 6) is -0.0940. The molecule has 0 spiro atoms. The maximum absolute atomic E-state index is 12.8. The minimum absolute atomic E-state index is 0.253. The third-order valence-electron chi connectivity index (χ3n) is 2.53. The van der Waals surface area contributed by atoms with Gasteiger partial charge < -0.3 is 9.47 Å². The number of esters is 1. The minimum atomic E-state index is -0.553. The van der Waals surface area contributed by atoms with Gasteiger partial charge >= 0.3 is 5.97 Å². The summed E-state index contributed by atoms with van der Waals surface area (Å²) in [6.45, 7) is 3.59. The monoisotopic (exact) mass is 272 g/mol. The van der Waals surface area contributed by atoms with E-state index in [2.05, 4.69) is 6.58 Å². The SMILES string of the molecule is C=CC(=O)Oc1ccccc1OCc1ccc(F)cc1. The van der Waals surface area contributed by atoms with Gasteiger partial charge in [0.05, 0.1) is 0 Å². The van der Waals surface area contributed by atoms with Crippen LogP contribution in [0, 0.1) is 5.82 Å². The molecule has 0 saturated heterocycles. The van der Waals surface area contributed by atoms with E-state index in [1.807, 2.05) is 0 Å². The summed E-state index contributed by atoms with van der Waals surface area (Å²) in [5.41, 5.74) is 0.816. The molecule has 102 valence electrons. The van der Waals surface area contributed by atoms with Crippen LogP contribution in [0.25, 0.3) is 0 Å². The van der Waals surface area contributed by atoms with Gasteiger partial charge in [-0.05, 0) is 29.8 Å². The Morgan fingerprint density at radius 2 is 1.75 bits per heavy atom. The Balaban J connectivity index is 2.07. The molecule has 20 heavy (non-hydrogen) atoms. The molecule has 0 amide bonds. The fourth-order valence-electron chi connectivity index (χ4n) is 1.55. The van der Waals surface area contributed by atoms with Gasteiger partial charge in [0.25, 0.3) is 0 Å². The molecular weight excluding hydrogens is 259 g/mol. The Morgan fingerprint density at radius 1 is 1.10 bits per heavy atom. The second kappa shape index (κ2) is 6.52. The topological polar surface area (TPSA) is 35.5 Å². The van der Waals surface area contributed by atoms with Crippen LogP contribution in [0.5, 0.6) is 11.5 Å². The molecule has 0 N–H and O–H groups in total. The van der Waals surface area contributed by atoms with Gasteiger partial charge in [-0.25, -0.2) is 9.18 Å². The Kier molecular flexibility index (Phi) is 4.50. The van der Waals surface area contributed by atoms with Crippen molar-refractivity contribution in [3.8, 4) is 11.5 Å². The van der Waals surface area contributed by atoms with Gasteiger partial charge in [-0.3, -0.25) is 0 Å². The largest absolute Gasteiger partial charge is 0.485 e. The zero-order chi connectivity index (χ0) is 14.4. The van der Waals surface area contributed by atoms with Gasteiger partial charge in [0, 0.05) is 6.08 Å². The van der Waals surface area contributed by atoms with Crippen molar-refractivity contribution in [3.63, 3.8) is 0 Å². The van der Waals surface area contributed by atoms with E-state index >= 15 is 0 Å². The molecular formula is C16H13FO3. The molecule has 0 atom stereocenters. The van der Waals surface area contributed by atoms with Crippen LogP contribution in [0.1, 0.15) is 5.56 Å². The molecule has 2 rings (SSSR count). The fraction of sp³-hybridized carbons (Fsp3) is 0.0625. The number of ether oxygens (including phenoxy) is 2. The third-order valence-corrected chi connectivity index (χ3v) is 2.53. The number of hydrogen-bond acceptors (Lipinski definition) is 3. The Labute approximate surface area is 116 Å². The van der Waals surface area contributed by atoms with Gasteiger partial charge in [-0.15, -0.1) is 0 Å². The van der Waals surface area contributed by atoms with E-state index in [9.17, 15) is 9.18 Å². The second-order valence-electron chi connectivity index (χ2n) is 3.99. The number of carbonyl (C=O) groups is 1. The summed E-state index contributed by atoms with van der Waals surface area (Å²) >= 11 is 0. The number of benzene rings is 2. The van der Waals surface area contributed by atoms with E-state index in [1.54, 1.807) is 36.4 Å². The number of hydrogen-bond donors (Lipinski definition) is 0. The van der Waals surface area contributed by atoms with Crippen LogP contribution in [-0.4, -0.2) is 5.97 Å². The summed E-state index contributed by atoms with van der Waals surface area (Å²) in [4.78, 5) is 11.2. The van der Waals surface area contributed by atoms with Gasteiger partial charge in [0.15, 0.2) is 11.5 Å². The number of carbonyl (C=O) groups excluding carboxylic acids is 1. The summed E-state index contributed by atoms with van der Waals surface area (Å²) in [7, 11) is 0. The molecule has 3 nitrogen and oxygen atoms in total. The number of halogens is 1. The lowest BCUT2D eigenvalue weighted by atomic mass is 10.2. The normalized spacial score (nSPS) is 9.85. The average molecular weight is 272 g/mol. The van der Waals surface area contributed by atoms with E-state index in [1.165, 1.54) is 12.1 Å². The third kappa shape index (κ3) is 3.68. The maximum atomic E-state index is 12.8. The zero-order valence-corrected chi connectivity index (χ0v) is 10.7. The predicted octanol–water partition coefficient (Wildman–Crippen LogP) is 3.50. The van der Waals surface area contributed by atoms with E-state index in [0.29, 0.717) is 11.5 Å². The standard InChI is InChI=1S/C16H13FO3/c1-2-16(18)20-15-6-4-3-5-14(15)19-11-12-7-9-13(17)10-8-12/h2-10H,1,11H2. The predicted molar refractivity (Wildman–Crippen MR) is 73.0 cm³/mol. The molecule has 0 aliphatic rings. The Bertz CT molecular complexity index is 605. The molecule has 2 aromatic rings. The van der Waals surface area contributed by atoms with Crippen molar-refractivity contribution >= 4 is 5.97 Å². The first-order chi connectivity index (χ1) is 9.69. The Hall–Kier alpha value is -2.62. The molecule has 0 fully saturated rings. The lowest BCUT2D eigenvalue weighted by molar-refractivity contribution is -0.129. The first-order valence-electron chi connectivity index (χ1n) is 5.99. The summed E-state index contributed by atoms with van der Waals surface area (Å²) in [6.07, 6.45) is 1.08. The molecule has 0 saturated carbocycles.